The van der Waals surface area contributed by atoms with Gasteiger partial charge in [0.15, 0.2) is 0 Å². The summed E-state index contributed by atoms with van der Waals surface area (Å²) >= 11 is 0. The van der Waals surface area contributed by atoms with Gasteiger partial charge in [-0.25, -0.2) is 0 Å². The number of nitrogens with one attached hydrogen (secondary N) is 1. The zero-order chi connectivity index (χ0) is 15.9. The number of hydrogen-bond acceptors (Lipinski definition) is 2. The van der Waals surface area contributed by atoms with Crippen LogP contribution in [0.25, 0.3) is 6.08 Å². The lowest BCUT2D eigenvalue weighted by molar-refractivity contribution is -0.137. The van der Waals surface area contributed by atoms with Crippen molar-refractivity contribution in [2.45, 2.75) is 12.6 Å². The van der Waals surface area contributed by atoms with Crippen LogP contribution in [0.1, 0.15) is 17.5 Å². The summed E-state index contributed by atoms with van der Waals surface area (Å²) < 4.78 is 37.1. The summed E-state index contributed by atoms with van der Waals surface area (Å²) in [6, 6.07) is 4.65. The fraction of sp³-hybridized carbons (Fsp3) is 0.400. The Morgan fingerprint density at radius 2 is 1.86 bits per heavy atom. The molecule has 0 atom stereocenters. The maximum absolute atomic E-state index is 12.4. The van der Waals surface area contributed by atoms with Crippen LogP contribution < -0.4 is 5.32 Å². The van der Waals surface area contributed by atoms with Gasteiger partial charge in [-0.15, -0.1) is 0 Å². The fourth-order valence-corrected chi connectivity index (χ4v) is 1.62. The predicted molar refractivity (Wildman–Crippen MR) is 76.7 cm³/mol. The lowest BCUT2D eigenvalue weighted by Gasteiger charge is -2.08. The number of nitrogens with zero attached hydrogens (tertiary/aromatic N) is 1. The summed E-state index contributed by atoms with van der Waals surface area (Å²) in [6.07, 6.45) is -0.696. The summed E-state index contributed by atoms with van der Waals surface area (Å²) in [5.41, 5.74) is -0.153. The van der Waals surface area contributed by atoms with Crippen molar-refractivity contribution in [3.8, 4) is 0 Å². The standard InChI is InChI=1S/C15H19F3N2O/c1-20(2)11-3-10-19-14(21)9-6-12-4-7-13(8-5-12)15(16,17)18/h4-9H,3,10-11H2,1-2H3,(H,19,21)/b9-6+. The van der Waals surface area contributed by atoms with Gasteiger partial charge in [0.2, 0.25) is 5.91 Å². The number of halogens is 3. The zero-order valence-corrected chi connectivity index (χ0v) is 12.1. The van der Waals surface area contributed by atoms with E-state index in [1.54, 1.807) is 0 Å². The molecule has 1 amide bonds. The molecule has 0 radical (unpaired) electrons. The average molecular weight is 300 g/mol. The molecule has 0 heterocycles. The molecule has 0 saturated carbocycles. The van der Waals surface area contributed by atoms with Crippen molar-refractivity contribution in [3.05, 3.63) is 41.5 Å². The van der Waals surface area contributed by atoms with Gasteiger partial charge >= 0.3 is 6.18 Å². The van der Waals surface area contributed by atoms with Crippen LogP contribution in [-0.2, 0) is 11.0 Å². The van der Waals surface area contributed by atoms with Crippen LogP contribution in [0, 0.1) is 0 Å². The van der Waals surface area contributed by atoms with Crippen molar-refractivity contribution >= 4 is 12.0 Å². The first-order valence-electron chi connectivity index (χ1n) is 6.57. The van der Waals surface area contributed by atoms with Gasteiger partial charge in [-0.2, -0.15) is 13.2 Å². The van der Waals surface area contributed by atoms with E-state index in [0.29, 0.717) is 12.1 Å². The minimum absolute atomic E-state index is 0.256. The van der Waals surface area contributed by atoms with Crippen LogP contribution in [0.5, 0.6) is 0 Å². The normalized spacial score (nSPS) is 12.1. The molecule has 0 aliphatic heterocycles. The lowest BCUT2D eigenvalue weighted by Crippen LogP contribution is -2.25. The highest BCUT2D eigenvalue weighted by molar-refractivity contribution is 5.91. The largest absolute Gasteiger partial charge is 0.416 e. The molecule has 1 aromatic carbocycles. The van der Waals surface area contributed by atoms with Crippen LogP contribution in [-0.4, -0.2) is 38.0 Å². The predicted octanol–water partition coefficient (Wildman–Crippen LogP) is 2.79. The Balaban J connectivity index is 2.43. The smallest absolute Gasteiger partial charge is 0.353 e. The number of benzene rings is 1. The fourth-order valence-electron chi connectivity index (χ4n) is 1.62. The highest BCUT2D eigenvalue weighted by atomic mass is 19.4. The Bertz CT molecular complexity index is 479. The molecule has 3 nitrogen and oxygen atoms in total. The third-order valence-electron chi connectivity index (χ3n) is 2.75. The molecule has 0 aliphatic rings. The first-order valence-corrected chi connectivity index (χ1v) is 6.57. The van der Waals surface area contributed by atoms with Crippen molar-refractivity contribution < 1.29 is 18.0 Å². The van der Waals surface area contributed by atoms with Gasteiger partial charge in [-0.3, -0.25) is 4.79 Å². The number of amides is 1. The molecule has 0 spiro atoms. The maximum atomic E-state index is 12.4. The number of rotatable bonds is 6. The van der Waals surface area contributed by atoms with E-state index in [1.807, 2.05) is 19.0 Å². The maximum Gasteiger partial charge on any atom is 0.416 e. The van der Waals surface area contributed by atoms with Crippen molar-refractivity contribution in [1.29, 1.82) is 0 Å². The molecule has 6 heteroatoms. The summed E-state index contributed by atoms with van der Waals surface area (Å²) in [4.78, 5) is 13.5. The topological polar surface area (TPSA) is 32.3 Å². The Labute approximate surface area is 122 Å². The SMILES string of the molecule is CN(C)CCCNC(=O)/C=C/c1ccc(C(F)(F)F)cc1. The Morgan fingerprint density at radius 3 is 2.38 bits per heavy atom. The first-order chi connectivity index (χ1) is 9.79. The van der Waals surface area contributed by atoms with E-state index in [0.717, 1.165) is 25.1 Å². The molecule has 0 fully saturated rings. The van der Waals surface area contributed by atoms with Gasteiger partial charge in [0.1, 0.15) is 0 Å². The quantitative estimate of drug-likeness (QED) is 0.647. The molecule has 116 valence electrons. The van der Waals surface area contributed by atoms with Crippen LogP contribution in [0.4, 0.5) is 13.2 Å². The molecular formula is C15H19F3N2O. The van der Waals surface area contributed by atoms with E-state index in [9.17, 15) is 18.0 Å². The van der Waals surface area contributed by atoms with Crippen molar-refractivity contribution in [3.63, 3.8) is 0 Å². The molecule has 0 aromatic heterocycles. The van der Waals surface area contributed by atoms with Gasteiger partial charge in [-0.05, 0) is 50.8 Å². The number of carbonyl (C=O) groups is 1. The van der Waals surface area contributed by atoms with Crippen molar-refractivity contribution in [1.82, 2.24) is 10.2 Å². The summed E-state index contributed by atoms with van der Waals surface area (Å²) in [5, 5.41) is 2.71. The van der Waals surface area contributed by atoms with Gasteiger partial charge in [-0.1, -0.05) is 12.1 Å². The van der Waals surface area contributed by atoms with Crippen molar-refractivity contribution in [2.75, 3.05) is 27.2 Å². The molecule has 0 saturated heterocycles. The highest BCUT2D eigenvalue weighted by Crippen LogP contribution is 2.29. The van der Waals surface area contributed by atoms with Gasteiger partial charge in [0.05, 0.1) is 5.56 Å². The molecule has 0 aliphatic carbocycles. The molecule has 1 rings (SSSR count). The molecule has 1 aromatic rings. The van der Waals surface area contributed by atoms with E-state index in [4.69, 9.17) is 0 Å². The zero-order valence-electron chi connectivity index (χ0n) is 12.1. The summed E-state index contributed by atoms with van der Waals surface area (Å²) in [7, 11) is 3.90. The van der Waals surface area contributed by atoms with Crippen LogP contribution >= 0.6 is 0 Å². The number of carbonyl (C=O) groups excluding carboxylic acids is 1. The van der Waals surface area contributed by atoms with Crippen LogP contribution in [0.15, 0.2) is 30.3 Å². The Kier molecular flexibility index (Phi) is 6.42. The van der Waals surface area contributed by atoms with E-state index in [2.05, 4.69) is 5.32 Å². The lowest BCUT2D eigenvalue weighted by atomic mass is 10.1. The monoisotopic (exact) mass is 300 g/mol. The number of hydrogen-bond donors (Lipinski definition) is 1. The Morgan fingerprint density at radius 1 is 1.24 bits per heavy atom. The summed E-state index contributed by atoms with van der Waals surface area (Å²) in [5.74, 6) is -0.256. The van der Waals surface area contributed by atoms with Gasteiger partial charge in [0, 0.05) is 12.6 Å². The minimum atomic E-state index is -4.34. The molecule has 1 N–H and O–H groups in total. The van der Waals surface area contributed by atoms with E-state index in [-0.39, 0.29) is 5.91 Å². The molecule has 21 heavy (non-hydrogen) atoms. The van der Waals surface area contributed by atoms with E-state index >= 15 is 0 Å². The second-order valence-corrected chi connectivity index (χ2v) is 4.90. The minimum Gasteiger partial charge on any atom is -0.353 e. The number of alkyl halides is 3. The van der Waals surface area contributed by atoms with E-state index < -0.39 is 11.7 Å². The van der Waals surface area contributed by atoms with E-state index in [1.165, 1.54) is 24.3 Å². The second-order valence-electron chi connectivity index (χ2n) is 4.90. The Hall–Kier alpha value is -1.82. The van der Waals surface area contributed by atoms with Crippen LogP contribution in [0.2, 0.25) is 0 Å². The van der Waals surface area contributed by atoms with Gasteiger partial charge in [0.25, 0.3) is 0 Å². The average Bonchev–Trinajstić information content (AvgIpc) is 2.40. The highest BCUT2D eigenvalue weighted by Gasteiger charge is 2.29. The third-order valence-corrected chi connectivity index (χ3v) is 2.75. The molecular weight excluding hydrogens is 281 g/mol. The van der Waals surface area contributed by atoms with Crippen molar-refractivity contribution in [2.24, 2.45) is 0 Å². The second kappa shape index (κ2) is 7.83. The van der Waals surface area contributed by atoms with Gasteiger partial charge < -0.3 is 10.2 Å². The third kappa shape index (κ3) is 6.94. The summed E-state index contributed by atoms with van der Waals surface area (Å²) in [6.45, 7) is 1.44. The van der Waals surface area contributed by atoms with Crippen LogP contribution in [0.3, 0.4) is 0 Å². The molecule has 0 bridgehead atoms. The first kappa shape index (κ1) is 17.2. The molecule has 0 unspecified atom stereocenters.